The number of likely N-dealkylation sites (tertiary alicyclic amines) is 1. The second kappa shape index (κ2) is 6.30. The highest BCUT2D eigenvalue weighted by Gasteiger charge is 2.27. The number of piperidine rings is 1. The summed E-state index contributed by atoms with van der Waals surface area (Å²) in [5.74, 6) is 0.0490. The topological polar surface area (TPSA) is 59.0 Å². The van der Waals surface area contributed by atoms with Gasteiger partial charge in [-0.05, 0) is 25.7 Å². The minimum absolute atomic E-state index is 0.0490. The fourth-order valence-electron chi connectivity index (χ4n) is 2.74. The normalized spacial score (nSPS) is 18.7. The van der Waals surface area contributed by atoms with Crippen LogP contribution in [0.1, 0.15) is 43.1 Å². The van der Waals surface area contributed by atoms with Gasteiger partial charge in [-0.2, -0.15) is 0 Å². The van der Waals surface area contributed by atoms with Gasteiger partial charge in [-0.15, -0.1) is 11.3 Å². The molecule has 6 heteroatoms. The molecule has 0 saturated carbocycles. The first-order valence-electron chi connectivity index (χ1n) is 7.32. The Balaban J connectivity index is 1.81. The zero-order chi connectivity index (χ0) is 14.7. The molecule has 1 unspecified atom stereocenters. The molecule has 1 amide bonds. The van der Waals surface area contributed by atoms with Crippen molar-refractivity contribution in [3.63, 3.8) is 0 Å². The lowest BCUT2D eigenvalue weighted by Gasteiger charge is -2.34. The second-order valence-corrected chi connectivity index (χ2v) is 6.04. The van der Waals surface area contributed by atoms with Crippen molar-refractivity contribution < 1.29 is 4.79 Å². The van der Waals surface area contributed by atoms with E-state index in [1.807, 2.05) is 10.3 Å². The summed E-state index contributed by atoms with van der Waals surface area (Å²) in [6.45, 7) is 2.98. The standard InChI is InChI=1S/C15H18N4OS/c1-2-11-5-3-4-8-19(11)15(20)13-10-21-14(18-13)12-9-16-6-7-17-12/h6-7,9-11H,2-5,8H2,1H3. The van der Waals surface area contributed by atoms with Crippen LogP contribution in [0.5, 0.6) is 0 Å². The van der Waals surface area contributed by atoms with Crippen LogP contribution >= 0.6 is 11.3 Å². The highest BCUT2D eigenvalue weighted by molar-refractivity contribution is 7.13. The summed E-state index contributed by atoms with van der Waals surface area (Å²) in [7, 11) is 0. The lowest BCUT2D eigenvalue weighted by molar-refractivity contribution is 0.0603. The number of carbonyl (C=O) groups is 1. The molecule has 0 aliphatic carbocycles. The molecule has 0 radical (unpaired) electrons. The maximum Gasteiger partial charge on any atom is 0.273 e. The van der Waals surface area contributed by atoms with Crippen LogP contribution in [0.25, 0.3) is 10.7 Å². The molecule has 1 fully saturated rings. The molecule has 1 aliphatic rings. The number of rotatable bonds is 3. The van der Waals surface area contributed by atoms with Crippen LogP contribution in [0.4, 0.5) is 0 Å². The van der Waals surface area contributed by atoms with Gasteiger partial charge in [0.15, 0.2) is 0 Å². The highest BCUT2D eigenvalue weighted by Crippen LogP contribution is 2.25. The Bertz CT molecular complexity index is 613. The highest BCUT2D eigenvalue weighted by atomic mass is 32.1. The Morgan fingerprint density at radius 3 is 3.10 bits per heavy atom. The number of carbonyl (C=O) groups excluding carboxylic acids is 1. The molecule has 0 spiro atoms. The van der Waals surface area contributed by atoms with Crippen LogP contribution in [0.3, 0.4) is 0 Å². The first-order valence-corrected chi connectivity index (χ1v) is 8.20. The van der Waals surface area contributed by atoms with Gasteiger partial charge >= 0.3 is 0 Å². The SMILES string of the molecule is CCC1CCCCN1C(=O)c1csc(-c2cnccn2)n1. The number of nitrogens with zero attached hydrogens (tertiary/aromatic N) is 4. The van der Waals surface area contributed by atoms with Gasteiger partial charge in [0.2, 0.25) is 0 Å². The Morgan fingerprint density at radius 2 is 2.33 bits per heavy atom. The van der Waals surface area contributed by atoms with Crippen LogP contribution in [-0.4, -0.2) is 38.3 Å². The van der Waals surface area contributed by atoms with E-state index in [4.69, 9.17) is 0 Å². The van der Waals surface area contributed by atoms with E-state index >= 15 is 0 Å². The zero-order valence-electron chi connectivity index (χ0n) is 12.0. The zero-order valence-corrected chi connectivity index (χ0v) is 12.8. The molecule has 0 bridgehead atoms. The predicted octanol–water partition coefficient (Wildman–Crippen LogP) is 3.00. The van der Waals surface area contributed by atoms with Crippen molar-refractivity contribution in [3.05, 3.63) is 29.7 Å². The molecule has 1 aliphatic heterocycles. The van der Waals surface area contributed by atoms with E-state index in [9.17, 15) is 4.79 Å². The fraction of sp³-hybridized carbons (Fsp3) is 0.467. The van der Waals surface area contributed by atoms with E-state index in [1.165, 1.54) is 17.8 Å². The van der Waals surface area contributed by atoms with Gasteiger partial charge in [-0.1, -0.05) is 6.92 Å². The summed E-state index contributed by atoms with van der Waals surface area (Å²) in [5.41, 5.74) is 1.24. The van der Waals surface area contributed by atoms with E-state index in [-0.39, 0.29) is 5.91 Å². The molecule has 110 valence electrons. The van der Waals surface area contributed by atoms with Crippen LogP contribution in [0.2, 0.25) is 0 Å². The molecule has 2 aromatic rings. The van der Waals surface area contributed by atoms with Gasteiger partial charge in [-0.3, -0.25) is 14.8 Å². The number of thiazole rings is 1. The van der Waals surface area contributed by atoms with Gasteiger partial charge in [-0.25, -0.2) is 4.98 Å². The van der Waals surface area contributed by atoms with E-state index in [2.05, 4.69) is 21.9 Å². The van der Waals surface area contributed by atoms with Crippen LogP contribution in [0.15, 0.2) is 24.0 Å². The number of aromatic nitrogens is 3. The van der Waals surface area contributed by atoms with Crippen LogP contribution < -0.4 is 0 Å². The lowest BCUT2D eigenvalue weighted by Crippen LogP contribution is -2.43. The molecule has 3 heterocycles. The third-order valence-electron chi connectivity index (χ3n) is 3.86. The molecular formula is C15H18N4OS. The second-order valence-electron chi connectivity index (χ2n) is 5.18. The van der Waals surface area contributed by atoms with Crippen molar-refractivity contribution in [1.82, 2.24) is 19.9 Å². The van der Waals surface area contributed by atoms with Crippen molar-refractivity contribution in [2.24, 2.45) is 0 Å². The number of hydrogen-bond acceptors (Lipinski definition) is 5. The minimum Gasteiger partial charge on any atom is -0.334 e. The minimum atomic E-state index is 0.0490. The summed E-state index contributed by atoms with van der Waals surface area (Å²) in [6.07, 6.45) is 9.34. The summed E-state index contributed by atoms with van der Waals surface area (Å²) < 4.78 is 0. The molecular weight excluding hydrogens is 284 g/mol. The predicted molar refractivity (Wildman–Crippen MR) is 82.1 cm³/mol. The van der Waals surface area contributed by atoms with Crippen LogP contribution in [-0.2, 0) is 0 Å². The lowest BCUT2D eigenvalue weighted by atomic mass is 10.00. The van der Waals surface area contributed by atoms with Gasteiger partial charge in [0, 0.05) is 30.4 Å². The average molecular weight is 302 g/mol. The summed E-state index contributed by atoms with van der Waals surface area (Å²) in [4.78, 5) is 27.3. The molecule has 5 nitrogen and oxygen atoms in total. The number of amides is 1. The van der Waals surface area contributed by atoms with Gasteiger partial charge in [0.05, 0.1) is 6.20 Å². The van der Waals surface area contributed by atoms with Crippen molar-refractivity contribution >= 4 is 17.2 Å². The molecule has 1 saturated heterocycles. The Labute approximate surface area is 128 Å². The van der Waals surface area contributed by atoms with Crippen molar-refractivity contribution in [2.75, 3.05) is 6.54 Å². The van der Waals surface area contributed by atoms with E-state index in [1.54, 1.807) is 18.6 Å². The van der Waals surface area contributed by atoms with E-state index < -0.39 is 0 Å². The maximum absolute atomic E-state index is 12.6. The van der Waals surface area contributed by atoms with E-state index in [0.29, 0.717) is 17.4 Å². The summed E-state index contributed by atoms with van der Waals surface area (Å²) >= 11 is 1.44. The monoisotopic (exact) mass is 302 g/mol. The van der Waals surface area contributed by atoms with E-state index in [0.717, 1.165) is 30.8 Å². The first-order chi connectivity index (χ1) is 10.3. The molecule has 21 heavy (non-hydrogen) atoms. The smallest absolute Gasteiger partial charge is 0.273 e. The Morgan fingerprint density at radius 1 is 1.43 bits per heavy atom. The fourth-order valence-corrected chi connectivity index (χ4v) is 3.49. The van der Waals surface area contributed by atoms with Crippen molar-refractivity contribution in [2.45, 2.75) is 38.6 Å². The third kappa shape index (κ3) is 2.95. The van der Waals surface area contributed by atoms with Crippen LogP contribution in [0, 0.1) is 0 Å². The van der Waals surface area contributed by atoms with Gasteiger partial charge < -0.3 is 4.90 Å². The molecule has 0 aromatic carbocycles. The summed E-state index contributed by atoms with van der Waals surface area (Å²) in [6, 6.07) is 0.355. The maximum atomic E-state index is 12.6. The quantitative estimate of drug-likeness (QED) is 0.874. The third-order valence-corrected chi connectivity index (χ3v) is 4.73. The molecule has 3 rings (SSSR count). The van der Waals surface area contributed by atoms with Gasteiger partial charge in [0.1, 0.15) is 16.4 Å². The molecule has 0 N–H and O–H groups in total. The molecule has 2 aromatic heterocycles. The largest absolute Gasteiger partial charge is 0.334 e. The Kier molecular flexibility index (Phi) is 4.24. The summed E-state index contributed by atoms with van der Waals surface area (Å²) in [5, 5.41) is 2.57. The molecule has 1 atom stereocenters. The van der Waals surface area contributed by atoms with Gasteiger partial charge in [0.25, 0.3) is 5.91 Å². The van der Waals surface area contributed by atoms with Crippen molar-refractivity contribution in [3.8, 4) is 10.7 Å². The number of hydrogen-bond donors (Lipinski definition) is 0. The Hall–Kier alpha value is -1.82. The average Bonchev–Trinajstić information content (AvgIpc) is 3.05. The van der Waals surface area contributed by atoms with Crippen molar-refractivity contribution in [1.29, 1.82) is 0 Å². The first kappa shape index (κ1) is 14.1.